The lowest BCUT2D eigenvalue weighted by atomic mass is 10.2. The molecule has 27 heavy (non-hydrogen) atoms. The number of anilines is 1. The molecule has 0 fully saturated rings. The van der Waals surface area contributed by atoms with E-state index in [0.29, 0.717) is 11.4 Å². The van der Waals surface area contributed by atoms with E-state index in [-0.39, 0.29) is 17.4 Å². The Kier molecular flexibility index (Phi) is 5.30. The molecule has 138 valence electrons. The van der Waals surface area contributed by atoms with Gasteiger partial charge < -0.3 is 9.64 Å². The molecule has 0 aliphatic rings. The maximum Gasteiger partial charge on any atom is 0.357 e. The number of aromatic nitrogens is 2. The second kappa shape index (κ2) is 7.82. The second-order valence-electron chi connectivity index (χ2n) is 5.91. The van der Waals surface area contributed by atoms with Gasteiger partial charge in [-0.15, -0.1) is 0 Å². The molecule has 0 aliphatic heterocycles. The minimum Gasteiger partial charge on any atom is -0.448 e. The molecule has 0 bridgehead atoms. The molecule has 3 aromatic rings. The molecule has 0 spiro atoms. The zero-order valence-corrected chi connectivity index (χ0v) is 14.9. The molecule has 1 unspecified atom stereocenters. The van der Waals surface area contributed by atoms with E-state index in [9.17, 15) is 14.0 Å². The maximum atomic E-state index is 13.1. The molecular weight excluding hydrogens is 349 g/mol. The molecule has 2 aromatic carbocycles. The van der Waals surface area contributed by atoms with Crippen molar-refractivity contribution in [2.24, 2.45) is 0 Å². The van der Waals surface area contributed by atoms with Crippen molar-refractivity contribution in [2.75, 3.05) is 11.9 Å². The predicted molar refractivity (Wildman–Crippen MR) is 98.3 cm³/mol. The number of likely N-dealkylation sites (N-methyl/N-ethyl adjacent to an activating group) is 1. The summed E-state index contributed by atoms with van der Waals surface area (Å²) in [7, 11) is 1.62. The van der Waals surface area contributed by atoms with Crippen LogP contribution in [0.3, 0.4) is 0 Å². The molecule has 0 N–H and O–H groups in total. The zero-order valence-electron chi connectivity index (χ0n) is 14.9. The lowest BCUT2D eigenvalue weighted by Crippen LogP contribution is -2.37. The van der Waals surface area contributed by atoms with Crippen LogP contribution >= 0.6 is 0 Å². The Balaban J connectivity index is 1.73. The van der Waals surface area contributed by atoms with Crippen molar-refractivity contribution in [1.29, 1.82) is 0 Å². The molecule has 0 radical (unpaired) electrons. The summed E-state index contributed by atoms with van der Waals surface area (Å²) in [6.45, 7) is 1.51. The summed E-state index contributed by atoms with van der Waals surface area (Å²) >= 11 is 0. The smallest absolute Gasteiger partial charge is 0.357 e. The minimum atomic E-state index is -0.987. The molecule has 1 aromatic heterocycles. The van der Waals surface area contributed by atoms with Gasteiger partial charge in [-0.05, 0) is 43.3 Å². The number of ether oxygens (including phenoxy) is 1. The summed E-state index contributed by atoms with van der Waals surface area (Å²) in [5, 5.41) is 0. The molecule has 0 saturated heterocycles. The quantitative estimate of drug-likeness (QED) is 0.650. The summed E-state index contributed by atoms with van der Waals surface area (Å²) in [6.07, 6.45) is 1.77. The number of para-hydroxylation sites is 1. The first-order valence-electron chi connectivity index (χ1n) is 8.29. The van der Waals surface area contributed by atoms with Gasteiger partial charge in [-0.1, -0.05) is 18.2 Å². The number of rotatable bonds is 5. The minimum absolute atomic E-state index is 0.142. The predicted octanol–water partition coefficient (Wildman–Crippen LogP) is 3.22. The fraction of sp³-hybridized carbons (Fsp3) is 0.150. The van der Waals surface area contributed by atoms with Crippen molar-refractivity contribution >= 4 is 17.6 Å². The van der Waals surface area contributed by atoms with Crippen molar-refractivity contribution in [3.8, 4) is 5.69 Å². The van der Waals surface area contributed by atoms with E-state index in [1.807, 2.05) is 18.2 Å². The standard InChI is InChI=1S/C20H18FN3O3/c1-14(19(25)23(2)16-6-4-3-5-7-16)27-20(26)18-12-22-13-24(18)17-10-8-15(21)9-11-17/h3-14H,1-2H3. The van der Waals surface area contributed by atoms with E-state index in [0.717, 1.165) is 0 Å². The Morgan fingerprint density at radius 1 is 1.11 bits per heavy atom. The summed E-state index contributed by atoms with van der Waals surface area (Å²) in [4.78, 5) is 30.4. The van der Waals surface area contributed by atoms with Gasteiger partial charge in [0.15, 0.2) is 11.8 Å². The van der Waals surface area contributed by atoms with Gasteiger partial charge in [-0.2, -0.15) is 0 Å². The first-order chi connectivity index (χ1) is 13.0. The largest absolute Gasteiger partial charge is 0.448 e. The van der Waals surface area contributed by atoms with Gasteiger partial charge in [0.05, 0.1) is 12.5 Å². The van der Waals surface area contributed by atoms with E-state index < -0.39 is 12.1 Å². The maximum absolute atomic E-state index is 13.1. The van der Waals surface area contributed by atoms with Gasteiger partial charge in [0.2, 0.25) is 0 Å². The van der Waals surface area contributed by atoms with E-state index in [1.54, 1.807) is 19.2 Å². The molecule has 1 atom stereocenters. The van der Waals surface area contributed by atoms with Gasteiger partial charge >= 0.3 is 5.97 Å². The van der Waals surface area contributed by atoms with Crippen molar-refractivity contribution in [3.63, 3.8) is 0 Å². The van der Waals surface area contributed by atoms with Crippen molar-refractivity contribution < 1.29 is 18.7 Å². The number of imidazole rings is 1. The summed E-state index contributed by atoms with van der Waals surface area (Å²) in [6, 6.07) is 14.7. The topological polar surface area (TPSA) is 64.4 Å². The molecule has 0 aliphatic carbocycles. The average Bonchev–Trinajstić information content (AvgIpc) is 3.18. The summed E-state index contributed by atoms with van der Waals surface area (Å²) in [5.41, 5.74) is 1.40. The molecule has 3 rings (SSSR count). The number of benzene rings is 2. The third-order valence-corrected chi connectivity index (χ3v) is 4.06. The van der Waals surface area contributed by atoms with E-state index in [4.69, 9.17) is 4.74 Å². The lowest BCUT2D eigenvalue weighted by Gasteiger charge is -2.21. The van der Waals surface area contributed by atoms with Crippen LogP contribution in [-0.4, -0.2) is 34.6 Å². The highest BCUT2D eigenvalue weighted by Crippen LogP contribution is 2.16. The summed E-state index contributed by atoms with van der Waals surface area (Å²) < 4.78 is 19.9. The van der Waals surface area contributed by atoms with Crippen LogP contribution in [0.2, 0.25) is 0 Å². The van der Waals surface area contributed by atoms with Crippen LogP contribution in [0.15, 0.2) is 67.1 Å². The Morgan fingerprint density at radius 3 is 2.44 bits per heavy atom. The van der Waals surface area contributed by atoms with Gasteiger partial charge in [0, 0.05) is 18.4 Å². The molecular formula is C20H18FN3O3. The van der Waals surface area contributed by atoms with E-state index >= 15 is 0 Å². The molecule has 6 nitrogen and oxygen atoms in total. The number of esters is 1. The lowest BCUT2D eigenvalue weighted by molar-refractivity contribution is -0.126. The Labute approximate surface area is 155 Å². The Morgan fingerprint density at radius 2 is 1.78 bits per heavy atom. The van der Waals surface area contributed by atoms with Crippen molar-refractivity contribution in [2.45, 2.75) is 13.0 Å². The number of carbonyl (C=O) groups excluding carboxylic acids is 2. The van der Waals surface area contributed by atoms with Gasteiger partial charge in [0.25, 0.3) is 5.91 Å². The number of hydrogen-bond donors (Lipinski definition) is 0. The summed E-state index contributed by atoms with van der Waals surface area (Å²) in [5.74, 6) is -1.44. The highest BCUT2D eigenvalue weighted by atomic mass is 19.1. The highest BCUT2D eigenvalue weighted by Gasteiger charge is 2.25. The molecule has 1 amide bonds. The highest BCUT2D eigenvalue weighted by molar-refractivity contribution is 5.98. The number of hydrogen-bond acceptors (Lipinski definition) is 4. The first kappa shape index (κ1) is 18.3. The second-order valence-corrected chi connectivity index (χ2v) is 5.91. The van der Waals surface area contributed by atoms with Crippen molar-refractivity contribution in [1.82, 2.24) is 9.55 Å². The van der Waals surface area contributed by atoms with Crippen LogP contribution in [0.25, 0.3) is 5.69 Å². The fourth-order valence-electron chi connectivity index (χ4n) is 2.58. The monoisotopic (exact) mass is 367 g/mol. The van der Waals surface area contributed by atoms with Crippen LogP contribution in [0.1, 0.15) is 17.4 Å². The van der Waals surface area contributed by atoms with Gasteiger partial charge in [-0.25, -0.2) is 14.2 Å². The van der Waals surface area contributed by atoms with Crippen molar-refractivity contribution in [3.05, 3.63) is 78.6 Å². The molecule has 0 saturated carbocycles. The number of amides is 1. The third-order valence-electron chi connectivity index (χ3n) is 4.06. The Hall–Kier alpha value is -3.48. The Bertz CT molecular complexity index is 939. The SMILES string of the molecule is CC(OC(=O)c1cncn1-c1ccc(F)cc1)C(=O)N(C)c1ccccc1. The van der Waals surface area contributed by atoms with Crippen LogP contribution in [0.5, 0.6) is 0 Å². The molecule has 7 heteroatoms. The average molecular weight is 367 g/mol. The van der Waals surface area contributed by atoms with Crippen LogP contribution in [-0.2, 0) is 9.53 Å². The number of halogens is 1. The number of nitrogens with zero attached hydrogens (tertiary/aromatic N) is 3. The van der Waals surface area contributed by atoms with E-state index in [1.165, 1.54) is 53.2 Å². The number of carbonyl (C=O) groups is 2. The fourth-order valence-corrected chi connectivity index (χ4v) is 2.58. The first-order valence-corrected chi connectivity index (χ1v) is 8.29. The zero-order chi connectivity index (χ0) is 19.4. The van der Waals surface area contributed by atoms with Gasteiger partial charge in [-0.3, -0.25) is 9.36 Å². The van der Waals surface area contributed by atoms with Crippen LogP contribution in [0.4, 0.5) is 10.1 Å². The third kappa shape index (κ3) is 4.03. The van der Waals surface area contributed by atoms with E-state index in [2.05, 4.69) is 4.98 Å². The molecule has 1 heterocycles. The van der Waals surface area contributed by atoms with Crippen LogP contribution < -0.4 is 4.90 Å². The van der Waals surface area contributed by atoms with Crippen LogP contribution in [0, 0.1) is 5.82 Å². The normalized spacial score (nSPS) is 11.7. The van der Waals surface area contributed by atoms with Gasteiger partial charge in [0.1, 0.15) is 5.82 Å².